The molecule has 1 aliphatic rings. The van der Waals surface area contributed by atoms with Gasteiger partial charge in [-0.05, 0) is 37.5 Å². The zero-order chi connectivity index (χ0) is 16.6. The van der Waals surface area contributed by atoms with E-state index in [1.165, 1.54) is 16.9 Å². The maximum atomic E-state index is 13.2. The summed E-state index contributed by atoms with van der Waals surface area (Å²) in [4.78, 5) is 17.7. The van der Waals surface area contributed by atoms with Gasteiger partial charge in [0.1, 0.15) is 0 Å². The molecule has 1 N–H and O–H groups in total. The highest BCUT2D eigenvalue weighted by atomic mass is 32.1. The van der Waals surface area contributed by atoms with E-state index in [1.807, 2.05) is 24.3 Å². The molecule has 2 aromatic carbocycles. The molecule has 3 aromatic rings. The third-order valence-electron chi connectivity index (χ3n) is 5.01. The molecule has 1 aromatic heterocycles. The standard InChI is InChI=1S/C20H20N2OS/c1-14-8-10-15(11-9-14)20(12-4-5-13-20)18(23)22-19-21-16-6-2-3-7-17(16)24-19/h2-3,6-11H,4-5,12-13H2,1H3,(H,21,22,23). The molecule has 0 spiro atoms. The fourth-order valence-corrected chi connectivity index (χ4v) is 4.50. The lowest BCUT2D eigenvalue weighted by Crippen LogP contribution is -2.37. The summed E-state index contributed by atoms with van der Waals surface area (Å²) in [6, 6.07) is 16.4. The lowest BCUT2D eigenvalue weighted by Gasteiger charge is -2.28. The average Bonchev–Trinajstić information content (AvgIpc) is 3.22. The van der Waals surface area contributed by atoms with Crippen LogP contribution in [0.1, 0.15) is 36.8 Å². The van der Waals surface area contributed by atoms with Gasteiger partial charge in [-0.2, -0.15) is 0 Å². The number of nitrogens with one attached hydrogen (secondary N) is 1. The van der Waals surface area contributed by atoms with Crippen molar-refractivity contribution in [2.24, 2.45) is 0 Å². The summed E-state index contributed by atoms with van der Waals surface area (Å²) in [5, 5.41) is 3.79. The van der Waals surface area contributed by atoms with Crippen LogP contribution < -0.4 is 5.32 Å². The van der Waals surface area contributed by atoms with E-state index in [-0.39, 0.29) is 5.91 Å². The molecule has 0 aliphatic heterocycles. The number of carbonyl (C=O) groups excluding carboxylic acids is 1. The van der Waals surface area contributed by atoms with E-state index in [4.69, 9.17) is 0 Å². The number of hydrogen-bond donors (Lipinski definition) is 1. The van der Waals surface area contributed by atoms with Crippen LogP contribution in [0.5, 0.6) is 0 Å². The first-order valence-electron chi connectivity index (χ1n) is 8.42. The predicted octanol–water partition coefficient (Wildman–Crippen LogP) is 5.06. The Bertz CT molecular complexity index is 843. The Kier molecular flexibility index (Phi) is 3.85. The van der Waals surface area contributed by atoms with Crippen LogP contribution in [0.2, 0.25) is 0 Å². The van der Waals surface area contributed by atoms with Gasteiger partial charge >= 0.3 is 0 Å². The number of para-hydroxylation sites is 1. The van der Waals surface area contributed by atoms with Gasteiger partial charge < -0.3 is 5.32 Å². The van der Waals surface area contributed by atoms with E-state index < -0.39 is 5.41 Å². The van der Waals surface area contributed by atoms with Crippen LogP contribution in [0.15, 0.2) is 48.5 Å². The first kappa shape index (κ1) is 15.3. The molecule has 1 heterocycles. The maximum absolute atomic E-state index is 13.2. The number of nitrogens with zero attached hydrogens (tertiary/aromatic N) is 1. The van der Waals surface area contributed by atoms with Crippen LogP contribution in [0, 0.1) is 6.92 Å². The third-order valence-corrected chi connectivity index (χ3v) is 5.96. The van der Waals surface area contributed by atoms with Crippen molar-refractivity contribution in [3.8, 4) is 0 Å². The number of benzene rings is 2. The first-order chi connectivity index (χ1) is 11.7. The van der Waals surface area contributed by atoms with E-state index in [2.05, 4.69) is 41.5 Å². The molecule has 1 fully saturated rings. The molecule has 1 saturated carbocycles. The molecule has 0 bridgehead atoms. The number of rotatable bonds is 3. The number of anilines is 1. The van der Waals surface area contributed by atoms with E-state index in [9.17, 15) is 4.79 Å². The highest BCUT2D eigenvalue weighted by molar-refractivity contribution is 7.22. The number of carbonyl (C=O) groups is 1. The summed E-state index contributed by atoms with van der Waals surface area (Å²) in [5.41, 5.74) is 2.88. The number of aromatic nitrogens is 1. The second-order valence-electron chi connectivity index (χ2n) is 6.60. The molecule has 3 nitrogen and oxygen atoms in total. The normalized spacial score (nSPS) is 16.4. The third kappa shape index (κ3) is 2.61. The fraction of sp³-hybridized carbons (Fsp3) is 0.300. The molecule has 1 aliphatic carbocycles. The van der Waals surface area contributed by atoms with E-state index in [0.29, 0.717) is 5.13 Å². The molecule has 24 heavy (non-hydrogen) atoms. The van der Waals surface area contributed by atoms with Gasteiger partial charge in [-0.1, -0.05) is 66.1 Å². The smallest absolute Gasteiger partial charge is 0.236 e. The second kappa shape index (κ2) is 6.02. The Hall–Kier alpha value is -2.20. The van der Waals surface area contributed by atoms with Crippen molar-refractivity contribution in [3.63, 3.8) is 0 Å². The molecular weight excluding hydrogens is 316 g/mol. The van der Waals surface area contributed by atoms with Gasteiger partial charge in [-0.25, -0.2) is 4.98 Å². The van der Waals surface area contributed by atoms with Gasteiger partial charge in [0.05, 0.1) is 15.6 Å². The van der Waals surface area contributed by atoms with Gasteiger partial charge in [0.25, 0.3) is 0 Å². The average molecular weight is 336 g/mol. The van der Waals surface area contributed by atoms with Gasteiger partial charge in [-0.3, -0.25) is 4.79 Å². The van der Waals surface area contributed by atoms with E-state index in [1.54, 1.807) is 0 Å². The van der Waals surface area contributed by atoms with Crippen molar-refractivity contribution in [1.82, 2.24) is 4.98 Å². The largest absolute Gasteiger partial charge is 0.301 e. The molecule has 122 valence electrons. The number of fused-ring (bicyclic) bond motifs is 1. The van der Waals surface area contributed by atoms with E-state index in [0.717, 1.165) is 41.5 Å². The van der Waals surface area contributed by atoms with Crippen molar-refractivity contribution in [3.05, 3.63) is 59.7 Å². The Morgan fingerprint density at radius 2 is 1.79 bits per heavy atom. The first-order valence-corrected chi connectivity index (χ1v) is 9.23. The fourth-order valence-electron chi connectivity index (χ4n) is 3.64. The zero-order valence-corrected chi connectivity index (χ0v) is 14.5. The summed E-state index contributed by atoms with van der Waals surface area (Å²) in [5.74, 6) is 0.0860. The highest BCUT2D eigenvalue weighted by Crippen LogP contribution is 2.42. The van der Waals surface area contributed by atoms with Gasteiger partial charge in [0.15, 0.2) is 5.13 Å². The van der Waals surface area contributed by atoms with Gasteiger partial charge in [0.2, 0.25) is 5.91 Å². The minimum atomic E-state index is -0.411. The van der Waals surface area contributed by atoms with Gasteiger partial charge in [-0.15, -0.1) is 0 Å². The van der Waals surface area contributed by atoms with Crippen molar-refractivity contribution < 1.29 is 4.79 Å². The van der Waals surface area contributed by atoms with Crippen LogP contribution in [-0.2, 0) is 10.2 Å². The summed E-state index contributed by atoms with van der Waals surface area (Å²) >= 11 is 1.54. The quantitative estimate of drug-likeness (QED) is 0.727. The van der Waals surface area contributed by atoms with Crippen molar-refractivity contribution in [2.45, 2.75) is 38.0 Å². The predicted molar refractivity (Wildman–Crippen MR) is 99.6 cm³/mol. The highest BCUT2D eigenvalue weighted by Gasteiger charge is 2.42. The molecule has 0 saturated heterocycles. The molecule has 4 rings (SSSR count). The topological polar surface area (TPSA) is 42.0 Å². The van der Waals surface area contributed by atoms with Crippen LogP contribution in [0.25, 0.3) is 10.2 Å². The number of amides is 1. The number of thiazole rings is 1. The monoisotopic (exact) mass is 336 g/mol. The van der Waals surface area contributed by atoms with Crippen LogP contribution in [0.4, 0.5) is 5.13 Å². The van der Waals surface area contributed by atoms with Crippen LogP contribution >= 0.6 is 11.3 Å². The SMILES string of the molecule is Cc1ccc(C2(C(=O)Nc3nc4ccccc4s3)CCCC2)cc1. The maximum Gasteiger partial charge on any atom is 0.236 e. The molecule has 0 radical (unpaired) electrons. The summed E-state index contributed by atoms with van der Waals surface area (Å²) in [6.45, 7) is 2.08. The van der Waals surface area contributed by atoms with Gasteiger partial charge in [0, 0.05) is 0 Å². The lowest BCUT2D eigenvalue weighted by molar-refractivity contribution is -0.121. The Morgan fingerprint density at radius 1 is 1.08 bits per heavy atom. The zero-order valence-electron chi connectivity index (χ0n) is 13.7. The minimum absolute atomic E-state index is 0.0860. The Balaban J connectivity index is 1.65. The summed E-state index contributed by atoms with van der Waals surface area (Å²) in [6.07, 6.45) is 4.02. The minimum Gasteiger partial charge on any atom is -0.301 e. The Labute approximate surface area is 145 Å². The molecule has 0 atom stereocenters. The summed E-state index contributed by atoms with van der Waals surface area (Å²) < 4.78 is 1.10. The van der Waals surface area contributed by atoms with Crippen molar-refractivity contribution >= 4 is 32.6 Å². The van der Waals surface area contributed by atoms with Crippen molar-refractivity contribution in [1.29, 1.82) is 0 Å². The molecule has 4 heteroatoms. The lowest BCUT2D eigenvalue weighted by atomic mass is 9.78. The van der Waals surface area contributed by atoms with Crippen molar-refractivity contribution in [2.75, 3.05) is 5.32 Å². The van der Waals surface area contributed by atoms with E-state index >= 15 is 0 Å². The molecular formula is C20H20N2OS. The second-order valence-corrected chi connectivity index (χ2v) is 7.63. The number of aryl methyl sites for hydroxylation is 1. The summed E-state index contributed by atoms with van der Waals surface area (Å²) in [7, 11) is 0. The number of hydrogen-bond acceptors (Lipinski definition) is 3. The molecule has 0 unspecified atom stereocenters. The van der Waals surface area contributed by atoms with Crippen LogP contribution in [0.3, 0.4) is 0 Å². The molecule has 1 amide bonds. The van der Waals surface area contributed by atoms with Crippen LogP contribution in [-0.4, -0.2) is 10.9 Å². The Morgan fingerprint density at radius 3 is 2.50 bits per heavy atom.